The molecule has 0 aliphatic heterocycles. The van der Waals surface area contributed by atoms with Gasteiger partial charge in [0, 0.05) is 6.20 Å². The Kier molecular flexibility index (Phi) is 2.96. The summed E-state index contributed by atoms with van der Waals surface area (Å²) >= 11 is 1.01. The zero-order valence-corrected chi connectivity index (χ0v) is 10.9. The van der Waals surface area contributed by atoms with Gasteiger partial charge in [0.2, 0.25) is 0 Å². The molecule has 0 unspecified atom stereocenters. The SMILES string of the molecule is O=C(O)c1ccc(NC(=O)c2cnn3ccccc23)s1. The lowest BCUT2D eigenvalue weighted by Crippen LogP contribution is -2.10. The maximum atomic E-state index is 12.2. The molecule has 0 fully saturated rings. The van der Waals surface area contributed by atoms with Gasteiger partial charge in [0.1, 0.15) is 4.88 Å². The number of pyridine rings is 1. The van der Waals surface area contributed by atoms with E-state index >= 15 is 0 Å². The number of aromatic nitrogens is 2. The van der Waals surface area contributed by atoms with Gasteiger partial charge in [-0.2, -0.15) is 5.10 Å². The molecule has 0 atom stereocenters. The van der Waals surface area contributed by atoms with Crippen molar-refractivity contribution >= 4 is 33.7 Å². The van der Waals surface area contributed by atoms with Crippen LogP contribution >= 0.6 is 11.3 Å². The zero-order valence-electron chi connectivity index (χ0n) is 10.1. The number of fused-ring (bicyclic) bond motifs is 1. The molecule has 3 rings (SSSR count). The smallest absolute Gasteiger partial charge is 0.345 e. The van der Waals surface area contributed by atoms with Gasteiger partial charge >= 0.3 is 5.97 Å². The number of anilines is 1. The minimum Gasteiger partial charge on any atom is -0.477 e. The minimum atomic E-state index is -1.01. The molecule has 0 spiro atoms. The Morgan fingerprint density at radius 3 is 2.85 bits per heavy atom. The highest BCUT2D eigenvalue weighted by Crippen LogP contribution is 2.23. The number of carbonyl (C=O) groups is 2. The predicted octanol–water partition coefficient (Wildman–Crippen LogP) is 2.35. The number of thiophene rings is 1. The standard InChI is InChI=1S/C13H9N3O3S/c17-12(15-11-5-4-10(20-11)13(18)19)8-7-14-16-6-2-1-3-9(8)16/h1-7H,(H,15,17)(H,18,19). The molecule has 2 N–H and O–H groups in total. The van der Waals surface area contributed by atoms with Crippen LogP contribution in [0.2, 0.25) is 0 Å². The lowest BCUT2D eigenvalue weighted by Gasteiger charge is -2.00. The predicted molar refractivity (Wildman–Crippen MR) is 74.4 cm³/mol. The third kappa shape index (κ3) is 2.14. The Bertz CT molecular complexity index is 806. The van der Waals surface area contributed by atoms with Gasteiger partial charge in [-0.05, 0) is 24.3 Å². The average molecular weight is 287 g/mol. The molecule has 0 aliphatic carbocycles. The van der Waals surface area contributed by atoms with Crippen molar-refractivity contribution in [2.75, 3.05) is 5.32 Å². The number of hydrogen-bond donors (Lipinski definition) is 2. The first-order valence-corrected chi connectivity index (χ1v) is 6.53. The monoisotopic (exact) mass is 287 g/mol. The summed E-state index contributed by atoms with van der Waals surface area (Å²) in [7, 11) is 0. The van der Waals surface area contributed by atoms with Crippen LogP contribution in [0.4, 0.5) is 5.00 Å². The molecule has 0 radical (unpaired) electrons. The van der Waals surface area contributed by atoms with Crippen molar-refractivity contribution < 1.29 is 14.7 Å². The number of carboxylic acid groups (broad SMARTS) is 1. The summed E-state index contributed by atoms with van der Waals surface area (Å²) in [4.78, 5) is 23.1. The number of carbonyl (C=O) groups excluding carboxylic acids is 1. The summed E-state index contributed by atoms with van der Waals surface area (Å²) in [6.45, 7) is 0. The zero-order chi connectivity index (χ0) is 14.1. The van der Waals surface area contributed by atoms with Crippen LogP contribution in [-0.4, -0.2) is 26.6 Å². The van der Waals surface area contributed by atoms with Crippen molar-refractivity contribution in [1.29, 1.82) is 0 Å². The topological polar surface area (TPSA) is 83.7 Å². The maximum absolute atomic E-state index is 12.2. The highest BCUT2D eigenvalue weighted by molar-refractivity contribution is 7.18. The summed E-state index contributed by atoms with van der Waals surface area (Å²) in [5.74, 6) is -1.32. The summed E-state index contributed by atoms with van der Waals surface area (Å²) < 4.78 is 1.60. The number of hydrogen-bond acceptors (Lipinski definition) is 4. The normalized spacial score (nSPS) is 10.6. The van der Waals surface area contributed by atoms with Crippen molar-refractivity contribution in [1.82, 2.24) is 9.61 Å². The molecule has 3 aromatic heterocycles. The number of nitrogens with zero attached hydrogens (tertiary/aromatic N) is 2. The molecular weight excluding hydrogens is 278 g/mol. The number of aromatic carboxylic acids is 1. The lowest BCUT2D eigenvalue weighted by atomic mass is 10.2. The Labute approximate surface area is 117 Å². The first-order valence-electron chi connectivity index (χ1n) is 5.72. The Morgan fingerprint density at radius 2 is 2.10 bits per heavy atom. The molecule has 3 aromatic rings. The molecule has 0 aliphatic rings. The van der Waals surface area contributed by atoms with Gasteiger partial charge in [-0.3, -0.25) is 4.79 Å². The Hall–Kier alpha value is -2.67. The summed E-state index contributed by atoms with van der Waals surface area (Å²) in [5, 5.41) is 16.1. The van der Waals surface area contributed by atoms with Gasteiger partial charge < -0.3 is 10.4 Å². The summed E-state index contributed by atoms with van der Waals surface area (Å²) in [5.41, 5.74) is 1.14. The highest BCUT2D eigenvalue weighted by Gasteiger charge is 2.14. The van der Waals surface area contributed by atoms with Gasteiger partial charge in [0.25, 0.3) is 5.91 Å². The van der Waals surface area contributed by atoms with Gasteiger partial charge in [0.05, 0.1) is 22.3 Å². The van der Waals surface area contributed by atoms with E-state index in [-0.39, 0.29) is 10.8 Å². The largest absolute Gasteiger partial charge is 0.477 e. The second-order valence-corrected chi connectivity index (χ2v) is 5.10. The van der Waals surface area contributed by atoms with Gasteiger partial charge in [-0.15, -0.1) is 11.3 Å². The van der Waals surface area contributed by atoms with E-state index in [9.17, 15) is 9.59 Å². The van der Waals surface area contributed by atoms with Gasteiger partial charge in [0.15, 0.2) is 0 Å². The van der Waals surface area contributed by atoms with Crippen LogP contribution in [0, 0.1) is 0 Å². The van der Waals surface area contributed by atoms with Gasteiger partial charge in [-0.1, -0.05) is 6.07 Å². The summed E-state index contributed by atoms with van der Waals surface area (Å²) in [6.07, 6.45) is 3.23. The van der Waals surface area contributed by atoms with Crippen LogP contribution in [-0.2, 0) is 0 Å². The fourth-order valence-electron chi connectivity index (χ4n) is 1.81. The van der Waals surface area contributed by atoms with Gasteiger partial charge in [-0.25, -0.2) is 9.31 Å². The molecule has 7 heteroatoms. The highest BCUT2D eigenvalue weighted by atomic mass is 32.1. The molecule has 0 bridgehead atoms. The second kappa shape index (κ2) is 4.78. The molecule has 6 nitrogen and oxygen atoms in total. The number of amides is 1. The lowest BCUT2D eigenvalue weighted by molar-refractivity contribution is 0.0702. The Balaban J connectivity index is 1.87. The molecule has 0 saturated heterocycles. The average Bonchev–Trinajstić information content (AvgIpc) is 3.04. The van der Waals surface area contributed by atoms with Crippen LogP contribution in [0.1, 0.15) is 20.0 Å². The van der Waals surface area contributed by atoms with Crippen molar-refractivity contribution in [3.05, 3.63) is 53.2 Å². The van der Waals surface area contributed by atoms with E-state index in [1.54, 1.807) is 22.8 Å². The molecule has 0 saturated carbocycles. The first kappa shape index (κ1) is 12.4. The van der Waals surface area contributed by atoms with Crippen molar-refractivity contribution in [3.8, 4) is 0 Å². The van der Waals surface area contributed by atoms with E-state index in [0.29, 0.717) is 16.1 Å². The first-order chi connectivity index (χ1) is 9.65. The molecule has 0 aromatic carbocycles. The van der Waals surface area contributed by atoms with E-state index in [0.717, 1.165) is 11.3 Å². The molecule has 100 valence electrons. The fraction of sp³-hybridized carbons (Fsp3) is 0. The van der Waals surface area contributed by atoms with Crippen LogP contribution in [0.15, 0.2) is 42.7 Å². The second-order valence-electron chi connectivity index (χ2n) is 4.01. The van der Waals surface area contributed by atoms with Crippen LogP contribution in [0.5, 0.6) is 0 Å². The quantitative estimate of drug-likeness (QED) is 0.774. The van der Waals surface area contributed by atoms with Crippen molar-refractivity contribution in [3.63, 3.8) is 0 Å². The van der Waals surface area contributed by atoms with E-state index in [1.807, 2.05) is 12.1 Å². The van der Waals surface area contributed by atoms with E-state index in [4.69, 9.17) is 5.11 Å². The minimum absolute atomic E-state index is 0.181. The number of nitrogens with one attached hydrogen (secondary N) is 1. The fourth-order valence-corrected chi connectivity index (χ4v) is 2.55. The van der Waals surface area contributed by atoms with E-state index in [1.165, 1.54) is 12.3 Å². The molecular formula is C13H9N3O3S. The number of rotatable bonds is 3. The third-order valence-corrected chi connectivity index (χ3v) is 3.71. The van der Waals surface area contributed by atoms with E-state index in [2.05, 4.69) is 10.4 Å². The maximum Gasteiger partial charge on any atom is 0.345 e. The van der Waals surface area contributed by atoms with Crippen molar-refractivity contribution in [2.45, 2.75) is 0 Å². The van der Waals surface area contributed by atoms with E-state index < -0.39 is 5.97 Å². The van der Waals surface area contributed by atoms with Crippen LogP contribution < -0.4 is 5.32 Å². The molecule has 3 heterocycles. The summed E-state index contributed by atoms with van der Waals surface area (Å²) in [6, 6.07) is 8.46. The van der Waals surface area contributed by atoms with Crippen LogP contribution in [0.25, 0.3) is 5.52 Å². The number of carboxylic acids is 1. The molecule has 20 heavy (non-hydrogen) atoms. The van der Waals surface area contributed by atoms with Crippen LogP contribution in [0.3, 0.4) is 0 Å². The molecule has 1 amide bonds. The van der Waals surface area contributed by atoms with Crippen molar-refractivity contribution in [2.24, 2.45) is 0 Å². The third-order valence-electron chi connectivity index (χ3n) is 2.72. The Morgan fingerprint density at radius 1 is 1.25 bits per heavy atom.